The van der Waals surface area contributed by atoms with E-state index < -0.39 is 54.1 Å². The molecule has 0 saturated carbocycles. The van der Waals surface area contributed by atoms with Crippen molar-refractivity contribution in [2.24, 2.45) is 10.9 Å². The lowest BCUT2D eigenvalue weighted by atomic mass is 10.0. The lowest BCUT2D eigenvalue weighted by Gasteiger charge is -2.49. The number of β-lactam (4-membered cyclic amide) rings is 1. The van der Waals surface area contributed by atoms with Crippen LogP contribution in [-0.2, 0) is 24.0 Å². The molecule has 3 amide bonds. The molecule has 1 unspecified atom stereocenters. The maximum Gasteiger partial charge on any atom is 0.352 e. The Morgan fingerprint density at radius 2 is 2.08 bits per heavy atom. The molecule has 14 nitrogen and oxygen atoms in total. The van der Waals surface area contributed by atoms with Crippen molar-refractivity contribution in [1.29, 1.82) is 0 Å². The van der Waals surface area contributed by atoms with Crippen LogP contribution in [0.15, 0.2) is 40.7 Å². The van der Waals surface area contributed by atoms with Gasteiger partial charge in [0.05, 0.1) is 26.7 Å². The van der Waals surface area contributed by atoms with Crippen LogP contribution in [0.1, 0.15) is 12.7 Å². The van der Waals surface area contributed by atoms with Gasteiger partial charge in [-0.3, -0.25) is 19.3 Å². The van der Waals surface area contributed by atoms with E-state index >= 15 is 0 Å². The van der Waals surface area contributed by atoms with Crippen molar-refractivity contribution in [3.05, 3.63) is 41.4 Å². The number of thioether (sulfide) groups is 1. The highest BCUT2D eigenvalue weighted by molar-refractivity contribution is 8.00. The summed E-state index contributed by atoms with van der Waals surface area (Å²) in [6.07, 6.45) is 6.51. The van der Waals surface area contributed by atoms with Crippen molar-refractivity contribution >= 4 is 57.8 Å². The van der Waals surface area contributed by atoms with Crippen LogP contribution in [0.25, 0.3) is 0 Å². The number of hydrogen-bond acceptors (Lipinski definition) is 11. The number of alkyl halides is 1. The fourth-order valence-corrected chi connectivity index (χ4v) is 5.60. The first-order valence-corrected chi connectivity index (χ1v) is 13.9. The molecule has 17 heteroatoms. The highest BCUT2D eigenvalue weighted by Gasteiger charge is 2.54. The largest absolute Gasteiger partial charge is 0.477 e. The zero-order valence-electron chi connectivity index (χ0n) is 21.8. The third-order valence-electron chi connectivity index (χ3n) is 6.14. The van der Waals surface area contributed by atoms with Crippen LogP contribution in [0.2, 0.25) is 0 Å². The number of fused-ring (bicyclic) bond motifs is 1. The highest BCUT2D eigenvalue weighted by Crippen LogP contribution is 2.40. The molecule has 1 aromatic rings. The Kier molecular flexibility index (Phi) is 10.4. The standard InChI is InChI=1S/C23H29FN8O6S2/c1-3-32(2,10-5-7-14(25)33)9-4-6-13-12-39-21-16(20(35)31(21)17(13)22(36)37)27-19(34)15(29-38-11-8-24)18-28-23(26)40-30-18/h4-7,16,21H,3,8-12H2,1-2H3,(H5-,25,26,27,28,30,33,34,36,37)/p+1/b6-4+,7-5+,29-15-/t16-,21-,32?/m1/s1. The summed E-state index contributed by atoms with van der Waals surface area (Å²) in [5.74, 6) is -3.15. The van der Waals surface area contributed by atoms with E-state index in [2.05, 4.69) is 19.8 Å². The van der Waals surface area contributed by atoms with Gasteiger partial charge in [-0.1, -0.05) is 11.2 Å². The number of likely N-dealkylation sites (N-methyl/N-ethyl adjacent to an activating group) is 1. The number of aromatic nitrogens is 2. The molecule has 0 aromatic carbocycles. The second-order valence-corrected chi connectivity index (χ2v) is 10.9. The number of anilines is 1. The number of amides is 3. The molecule has 2 aliphatic heterocycles. The minimum atomic E-state index is -1.27. The first kappa shape index (κ1) is 30.7. The van der Waals surface area contributed by atoms with E-state index in [1.807, 2.05) is 20.0 Å². The highest BCUT2D eigenvalue weighted by atomic mass is 32.2. The molecule has 6 N–H and O–H groups in total. The molecule has 1 aromatic heterocycles. The van der Waals surface area contributed by atoms with Crippen molar-refractivity contribution in [3.63, 3.8) is 0 Å². The number of hydrogen-bond donors (Lipinski definition) is 4. The average Bonchev–Trinajstić information content (AvgIpc) is 3.34. The minimum absolute atomic E-state index is 0.0618. The monoisotopic (exact) mass is 597 g/mol. The Morgan fingerprint density at radius 3 is 2.67 bits per heavy atom. The number of halogens is 1. The smallest absolute Gasteiger partial charge is 0.352 e. The van der Waals surface area contributed by atoms with Crippen LogP contribution in [0, 0.1) is 0 Å². The van der Waals surface area contributed by atoms with Crippen LogP contribution in [-0.4, -0.2) is 110 Å². The van der Waals surface area contributed by atoms with Crippen molar-refractivity contribution in [2.45, 2.75) is 18.3 Å². The number of carboxylic acids is 1. The molecular weight excluding hydrogens is 567 g/mol. The number of carboxylic acid groups (broad SMARTS) is 1. The second kappa shape index (κ2) is 13.5. The van der Waals surface area contributed by atoms with Gasteiger partial charge in [-0.25, -0.2) is 9.18 Å². The summed E-state index contributed by atoms with van der Waals surface area (Å²) in [5.41, 5.74) is 10.6. The number of carbonyl (C=O) groups is 4. The maximum absolute atomic E-state index is 13.0. The quantitative estimate of drug-likeness (QED) is 0.0546. The lowest BCUT2D eigenvalue weighted by Crippen LogP contribution is -2.71. The molecule has 3 rings (SSSR count). The van der Waals surface area contributed by atoms with E-state index in [9.17, 15) is 28.7 Å². The van der Waals surface area contributed by atoms with Gasteiger partial charge in [0, 0.05) is 23.4 Å². The summed E-state index contributed by atoms with van der Waals surface area (Å²) in [7, 11) is 1.98. The number of nitrogens with zero attached hydrogens (tertiary/aromatic N) is 5. The van der Waals surface area contributed by atoms with Gasteiger partial charge in [0.15, 0.2) is 5.13 Å². The van der Waals surface area contributed by atoms with Gasteiger partial charge in [0.1, 0.15) is 30.4 Å². The Balaban J connectivity index is 1.74. The number of carbonyl (C=O) groups excluding carboxylic acids is 3. The third kappa shape index (κ3) is 7.22. The zero-order chi connectivity index (χ0) is 29.4. The Morgan fingerprint density at radius 1 is 1.35 bits per heavy atom. The van der Waals surface area contributed by atoms with Gasteiger partial charge >= 0.3 is 5.97 Å². The summed E-state index contributed by atoms with van der Waals surface area (Å²) in [4.78, 5) is 58.9. The second-order valence-electron chi connectivity index (χ2n) is 8.97. The molecule has 0 aliphatic carbocycles. The molecule has 1 saturated heterocycles. The molecule has 216 valence electrons. The van der Waals surface area contributed by atoms with Gasteiger partial charge in [-0.15, -0.1) is 11.8 Å². The number of primary amides is 1. The predicted molar refractivity (Wildman–Crippen MR) is 146 cm³/mol. The van der Waals surface area contributed by atoms with Gasteiger partial charge in [0.25, 0.3) is 11.8 Å². The molecule has 3 atom stereocenters. The molecule has 3 heterocycles. The number of aliphatic carboxylic acids is 1. The van der Waals surface area contributed by atoms with E-state index in [0.717, 1.165) is 23.0 Å². The average molecular weight is 598 g/mol. The van der Waals surface area contributed by atoms with Gasteiger partial charge < -0.3 is 31.2 Å². The summed E-state index contributed by atoms with van der Waals surface area (Å²) in [6.45, 7) is 2.57. The molecular formula is C23H30FN8O6S2+. The number of nitrogens with one attached hydrogen (secondary N) is 1. The Labute approximate surface area is 237 Å². The topological polar surface area (TPSA) is 203 Å². The summed E-state index contributed by atoms with van der Waals surface area (Å²) >= 11 is 2.10. The Bertz CT molecular complexity index is 1280. The van der Waals surface area contributed by atoms with E-state index in [0.29, 0.717) is 23.1 Å². The fourth-order valence-electron chi connectivity index (χ4n) is 3.85. The predicted octanol–water partition coefficient (Wildman–Crippen LogP) is -0.387. The van der Waals surface area contributed by atoms with Crippen LogP contribution < -0.4 is 16.8 Å². The lowest BCUT2D eigenvalue weighted by molar-refractivity contribution is -0.896. The van der Waals surface area contributed by atoms with Crippen LogP contribution in [0.5, 0.6) is 0 Å². The molecule has 0 bridgehead atoms. The summed E-state index contributed by atoms with van der Waals surface area (Å²) in [6, 6.07) is -1.04. The van der Waals surface area contributed by atoms with E-state index in [4.69, 9.17) is 16.3 Å². The summed E-state index contributed by atoms with van der Waals surface area (Å²) in [5, 5.41) is 15.4. The third-order valence-corrected chi connectivity index (χ3v) is 7.98. The number of nitrogens with two attached hydrogens (primary N) is 2. The van der Waals surface area contributed by atoms with Gasteiger partial charge in [0.2, 0.25) is 17.4 Å². The summed E-state index contributed by atoms with van der Waals surface area (Å²) < 4.78 is 16.9. The van der Waals surface area contributed by atoms with Crippen LogP contribution in [0.4, 0.5) is 9.52 Å². The number of allylic oxidation sites excluding steroid dienone is 1. The minimum Gasteiger partial charge on any atom is -0.477 e. The van der Waals surface area contributed by atoms with Gasteiger partial charge in [-0.2, -0.15) is 9.36 Å². The molecule has 2 aliphatic rings. The van der Waals surface area contributed by atoms with Crippen molar-refractivity contribution in [2.75, 3.05) is 51.4 Å². The van der Waals surface area contributed by atoms with Crippen LogP contribution in [0.3, 0.4) is 0 Å². The molecule has 0 radical (unpaired) electrons. The van der Waals surface area contributed by atoms with E-state index in [1.54, 1.807) is 12.2 Å². The Hall–Kier alpha value is -3.83. The fraction of sp³-hybridized carbons (Fsp3) is 0.435. The number of nitrogen functional groups attached to an aromatic ring is 1. The first-order valence-electron chi connectivity index (χ1n) is 12.0. The van der Waals surface area contributed by atoms with Crippen molar-refractivity contribution < 1.29 is 38.0 Å². The molecule has 1 fully saturated rings. The maximum atomic E-state index is 13.0. The SMILES string of the molecule is CC[N+](C)(C/C=C/C(N)=O)C/C=C/C1=C(C(=O)O)N2C(=O)[C@@H](NC(=O)/C(=N\OCCF)c3nsc(N)n3)[C@H]2SC1. The first-order chi connectivity index (χ1) is 19.0. The van der Waals surface area contributed by atoms with Crippen LogP contribution >= 0.6 is 23.3 Å². The zero-order valence-corrected chi connectivity index (χ0v) is 23.4. The molecule has 0 spiro atoms. The number of rotatable bonds is 14. The van der Waals surface area contributed by atoms with Gasteiger partial charge in [-0.05, 0) is 24.6 Å². The number of quaternary nitrogens is 1. The molecule has 40 heavy (non-hydrogen) atoms. The van der Waals surface area contributed by atoms with E-state index in [-0.39, 0.29) is 22.4 Å². The van der Waals surface area contributed by atoms with Crippen molar-refractivity contribution in [1.82, 2.24) is 19.6 Å². The van der Waals surface area contributed by atoms with E-state index in [1.165, 1.54) is 17.8 Å². The number of oxime groups is 1. The normalized spacial score (nSPS) is 20.8. The van der Waals surface area contributed by atoms with Crippen molar-refractivity contribution in [3.8, 4) is 0 Å².